The van der Waals surface area contributed by atoms with E-state index in [1.165, 1.54) is 0 Å². The van der Waals surface area contributed by atoms with Crippen molar-refractivity contribution in [1.29, 1.82) is 0 Å². The zero-order valence-electron chi connectivity index (χ0n) is 13.2. The number of nitrogens with zero attached hydrogens (tertiary/aromatic N) is 3. The van der Waals surface area contributed by atoms with E-state index in [0.717, 1.165) is 28.3 Å². The van der Waals surface area contributed by atoms with E-state index >= 15 is 0 Å². The fraction of sp³-hybridized carbons (Fsp3) is 0.167. The molecule has 0 fully saturated rings. The molecule has 1 N–H and O–H groups in total. The highest BCUT2D eigenvalue weighted by molar-refractivity contribution is 7.99. The van der Waals surface area contributed by atoms with Crippen LogP contribution >= 0.6 is 23.4 Å². The summed E-state index contributed by atoms with van der Waals surface area (Å²) in [4.78, 5) is 13.7. The van der Waals surface area contributed by atoms with Crippen molar-refractivity contribution < 1.29 is 4.79 Å². The van der Waals surface area contributed by atoms with E-state index in [-0.39, 0.29) is 11.9 Å². The number of hydrogen-bond donors (Lipinski definition) is 1. The molecular formula is C18H15ClN4OS. The molecule has 5 nitrogen and oxygen atoms in total. The molecule has 0 radical (unpaired) electrons. The Balaban J connectivity index is 1.54. The molecule has 1 aromatic heterocycles. The van der Waals surface area contributed by atoms with Gasteiger partial charge in [0.1, 0.15) is 0 Å². The minimum atomic E-state index is -0.231. The maximum Gasteiger partial charge on any atom is 0.273 e. The van der Waals surface area contributed by atoms with Crippen molar-refractivity contribution in [3.8, 4) is 5.69 Å². The molecule has 0 bridgehead atoms. The van der Waals surface area contributed by atoms with E-state index in [9.17, 15) is 4.79 Å². The Labute approximate surface area is 154 Å². The maximum atomic E-state index is 12.6. The lowest BCUT2D eigenvalue weighted by Gasteiger charge is -2.25. The SMILES string of the molecule is O=C(NC1CCSc2ccc(Cl)cc21)c1cn(-c2ccccc2)nn1. The van der Waals surface area contributed by atoms with Gasteiger partial charge in [-0.3, -0.25) is 4.79 Å². The molecule has 2 aromatic carbocycles. The van der Waals surface area contributed by atoms with Crippen LogP contribution in [0.3, 0.4) is 0 Å². The quantitative estimate of drug-likeness (QED) is 0.759. The summed E-state index contributed by atoms with van der Waals surface area (Å²) in [5.41, 5.74) is 2.22. The molecule has 4 rings (SSSR count). The van der Waals surface area contributed by atoms with Gasteiger partial charge in [0, 0.05) is 15.7 Å². The molecule has 1 unspecified atom stereocenters. The van der Waals surface area contributed by atoms with Crippen LogP contribution in [0.1, 0.15) is 28.5 Å². The van der Waals surface area contributed by atoms with Crippen molar-refractivity contribution in [2.75, 3.05) is 5.75 Å². The third-order valence-electron chi connectivity index (χ3n) is 4.06. The summed E-state index contributed by atoms with van der Waals surface area (Å²) in [6.07, 6.45) is 2.50. The number of carbonyl (C=O) groups excluding carboxylic acids is 1. The number of fused-ring (bicyclic) bond motifs is 1. The average molecular weight is 371 g/mol. The first-order valence-electron chi connectivity index (χ1n) is 7.91. The molecule has 2 heterocycles. The number of aromatic nitrogens is 3. The van der Waals surface area contributed by atoms with Crippen molar-refractivity contribution in [3.63, 3.8) is 0 Å². The summed E-state index contributed by atoms with van der Waals surface area (Å²) in [5.74, 6) is 0.723. The fourth-order valence-electron chi connectivity index (χ4n) is 2.82. The first-order valence-corrected chi connectivity index (χ1v) is 9.28. The molecule has 7 heteroatoms. The summed E-state index contributed by atoms with van der Waals surface area (Å²) >= 11 is 7.90. The van der Waals surface area contributed by atoms with Crippen LogP contribution in [-0.2, 0) is 0 Å². The molecule has 1 atom stereocenters. The highest BCUT2D eigenvalue weighted by Gasteiger charge is 2.24. The second kappa shape index (κ2) is 6.90. The van der Waals surface area contributed by atoms with E-state index < -0.39 is 0 Å². The van der Waals surface area contributed by atoms with Crippen LogP contribution in [0, 0.1) is 0 Å². The number of rotatable bonds is 3. The Kier molecular flexibility index (Phi) is 4.46. The Morgan fingerprint density at radius 2 is 2.08 bits per heavy atom. The lowest BCUT2D eigenvalue weighted by Crippen LogP contribution is -2.30. The molecular weight excluding hydrogens is 356 g/mol. The predicted octanol–water partition coefficient (Wildman–Crippen LogP) is 3.89. The fourth-order valence-corrected chi connectivity index (χ4v) is 4.11. The van der Waals surface area contributed by atoms with Gasteiger partial charge in [-0.1, -0.05) is 35.0 Å². The number of benzene rings is 2. The molecule has 25 heavy (non-hydrogen) atoms. The molecule has 0 spiro atoms. The Hall–Kier alpha value is -2.31. The number of halogens is 1. The maximum absolute atomic E-state index is 12.6. The van der Waals surface area contributed by atoms with E-state index in [1.54, 1.807) is 22.6 Å². The van der Waals surface area contributed by atoms with E-state index in [1.807, 2.05) is 48.5 Å². The first-order chi connectivity index (χ1) is 12.2. The third-order valence-corrected chi connectivity index (χ3v) is 5.42. The Bertz CT molecular complexity index is 912. The average Bonchev–Trinajstić information content (AvgIpc) is 3.13. The summed E-state index contributed by atoms with van der Waals surface area (Å²) in [6, 6.07) is 15.3. The molecule has 0 saturated heterocycles. The van der Waals surface area contributed by atoms with Crippen LogP contribution in [0.2, 0.25) is 5.02 Å². The Morgan fingerprint density at radius 3 is 2.92 bits per heavy atom. The van der Waals surface area contributed by atoms with Gasteiger partial charge in [0.15, 0.2) is 5.69 Å². The molecule has 1 aliphatic heterocycles. The molecule has 0 saturated carbocycles. The van der Waals surface area contributed by atoms with Gasteiger partial charge in [0.2, 0.25) is 0 Å². The molecule has 3 aromatic rings. The summed E-state index contributed by atoms with van der Waals surface area (Å²) in [7, 11) is 0. The smallest absolute Gasteiger partial charge is 0.273 e. The minimum Gasteiger partial charge on any atom is -0.344 e. The number of carbonyl (C=O) groups is 1. The number of nitrogens with one attached hydrogen (secondary N) is 1. The first kappa shape index (κ1) is 16.2. The highest BCUT2D eigenvalue weighted by atomic mass is 35.5. The van der Waals surface area contributed by atoms with Crippen molar-refractivity contribution in [2.24, 2.45) is 0 Å². The van der Waals surface area contributed by atoms with Crippen LogP contribution < -0.4 is 5.32 Å². The van der Waals surface area contributed by atoms with Crippen molar-refractivity contribution in [2.45, 2.75) is 17.4 Å². The van der Waals surface area contributed by atoms with Crippen molar-refractivity contribution >= 4 is 29.3 Å². The lowest BCUT2D eigenvalue weighted by atomic mass is 10.0. The normalized spacial score (nSPS) is 16.3. The number of para-hydroxylation sites is 1. The van der Waals surface area contributed by atoms with E-state index in [0.29, 0.717) is 10.7 Å². The van der Waals surface area contributed by atoms with Crippen LogP contribution in [0.25, 0.3) is 5.69 Å². The predicted molar refractivity (Wildman–Crippen MR) is 98.4 cm³/mol. The number of thioether (sulfide) groups is 1. The highest BCUT2D eigenvalue weighted by Crippen LogP contribution is 2.37. The zero-order valence-corrected chi connectivity index (χ0v) is 14.8. The van der Waals surface area contributed by atoms with Gasteiger partial charge in [0.25, 0.3) is 5.91 Å². The van der Waals surface area contributed by atoms with Gasteiger partial charge in [-0.05, 0) is 42.3 Å². The molecule has 0 aliphatic carbocycles. The molecule has 126 valence electrons. The van der Waals surface area contributed by atoms with Crippen LogP contribution in [-0.4, -0.2) is 26.7 Å². The topological polar surface area (TPSA) is 59.8 Å². The van der Waals surface area contributed by atoms with E-state index in [2.05, 4.69) is 15.6 Å². The van der Waals surface area contributed by atoms with Gasteiger partial charge in [-0.25, -0.2) is 4.68 Å². The minimum absolute atomic E-state index is 0.0654. The van der Waals surface area contributed by atoms with Gasteiger partial charge in [-0.2, -0.15) is 0 Å². The van der Waals surface area contributed by atoms with E-state index in [4.69, 9.17) is 11.6 Å². The summed E-state index contributed by atoms with van der Waals surface area (Å²) in [5, 5.41) is 11.8. The Morgan fingerprint density at radius 1 is 1.24 bits per heavy atom. The van der Waals surface area contributed by atoms with Gasteiger partial charge in [-0.15, -0.1) is 16.9 Å². The number of hydrogen-bond acceptors (Lipinski definition) is 4. The second-order valence-corrected chi connectivity index (χ2v) is 7.30. The van der Waals surface area contributed by atoms with Crippen molar-refractivity contribution in [1.82, 2.24) is 20.3 Å². The lowest BCUT2D eigenvalue weighted by molar-refractivity contribution is 0.0930. The second-order valence-electron chi connectivity index (χ2n) is 5.73. The van der Waals surface area contributed by atoms with Crippen molar-refractivity contribution in [3.05, 3.63) is 71.0 Å². The largest absolute Gasteiger partial charge is 0.344 e. The summed E-state index contributed by atoms with van der Waals surface area (Å²) < 4.78 is 1.59. The van der Waals surface area contributed by atoms with Crippen LogP contribution in [0.5, 0.6) is 0 Å². The third kappa shape index (κ3) is 3.41. The van der Waals surface area contributed by atoms with Crippen LogP contribution in [0.15, 0.2) is 59.6 Å². The van der Waals surface area contributed by atoms with Gasteiger partial charge < -0.3 is 5.32 Å². The monoisotopic (exact) mass is 370 g/mol. The molecule has 1 aliphatic rings. The van der Waals surface area contributed by atoms with Gasteiger partial charge in [0.05, 0.1) is 17.9 Å². The number of amides is 1. The van der Waals surface area contributed by atoms with Crippen LogP contribution in [0.4, 0.5) is 0 Å². The summed E-state index contributed by atoms with van der Waals surface area (Å²) in [6.45, 7) is 0. The standard InChI is InChI=1S/C18H15ClN4OS/c19-12-6-7-17-14(10-12)15(8-9-25-17)20-18(24)16-11-23(22-21-16)13-4-2-1-3-5-13/h1-7,10-11,15H,8-9H2,(H,20,24). The van der Waals surface area contributed by atoms with Gasteiger partial charge >= 0.3 is 0 Å². The zero-order chi connectivity index (χ0) is 17.2. The molecule has 1 amide bonds.